The first kappa shape index (κ1) is 32.3. The van der Waals surface area contributed by atoms with Gasteiger partial charge in [0, 0.05) is 19.5 Å². The average molecular weight is 614 g/mol. The molecule has 0 bridgehead atoms. The Morgan fingerprint density at radius 3 is 2.09 bits per heavy atom. The fourth-order valence-corrected chi connectivity index (χ4v) is 6.38. The number of methoxy groups -OCH3 is 1. The number of rotatable bonds is 13. The van der Waals surface area contributed by atoms with E-state index >= 15 is 0 Å². The minimum Gasteiger partial charge on any atom is -0.497 e. The summed E-state index contributed by atoms with van der Waals surface area (Å²) in [4.78, 5) is 29.6. The molecule has 44 heavy (non-hydrogen) atoms. The van der Waals surface area contributed by atoms with E-state index in [1.165, 1.54) is 24.1 Å². The number of carbonyl (C=O) groups excluding carboxylic acids is 2. The molecule has 4 aromatic carbocycles. The molecule has 1 N–H and O–H groups in total. The van der Waals surface area contributed by atoms with Gasteiger partial charge in [-0.1, -0.05) is 77.9 Å². The van der Waals surface area contributed by atoms with Crippen LogP contribution in [0.1, 0.15) is 29.2 Å². The van der Waals surface area contributed by atoms with E-state index in [0.717, 1.165) is 26.6 Å². The zero-order valence-corrected chi connectivity index (χ0v) is 26.4. The molecule has 9 heteroatoms. The summed E-state index contributed by atoms with van der Waals surface area (Å²) in [6.45, 7) is 5.65. The van der Waals surface area contributed by atoms with Crippen molar-refractivity contribution in [2.75, 3.05) is 24.5 Å². The van der Waals surface area contributed by atoms with Gasteiger partial charge in [0.1, 0.15) is 18.3 Å². The number of carbonyl (C=O) groups is 2. The standard InChI is InChI=1S/C35H39N3O5S/c1-5-36-35(40)33(23-28-11-7-6-8-12-28)37(24-29-13-9-10-27(3)22-29)34(39)25-38(30-16-18-31(43-4)19-17-30)44(41,42)32-20-14-26(2)15-21-32/h6-22,33H,5,23-25H2,1-4H3,(H,36,40)/t33-/m1/s1. The van der Waals surface area contributed by atoms with E-state index in [9.17, 15) is 18.0 Å². The zero-order chi connectivity index (χ0) is 31.7. The van der Waals surface area contributed by atoms with E-state index < -0.39 is 28.5 Å². The van der Waals surface area contributed by atoms with Gasteiger partial charge in [-0.15, -0.1) is 0 Å². The molecular weight excluding hydrogens is 574 g/mol. The highest BCUT2D eigenvalue weighted by atomic mass is 32.2. The maximum absolute atomic E-state index is 14.4. The largest absolute Gasteiger partial charge is 0.497 e. The lowest BCUT2D eigenvalue weighted by Crippen LogP contribution is -2.53. The first-order valence-electron chi connectivity index (χ1n) is 14.5. The van der Waals surface area contributed by atoms with E-state index in [0.29, 0.717) is 18.0 Å². The minimum absolute atomic E-state index is 0.0570. The zero-order valence-electron chi connectivity index (χ0n) is 25.6. The minimum atomic E-state index is -4.17. The summed E-state index contributed by atoms with van der Waals surface area (Å²) in [5.41, 5.74) is 3.93. The second kappa shape index (κ2) is 14.7. The molecule has 230 valence electrons. The van der Waals surface area contributed by atoms with Crippen LogP contribution in [0.5, 0.6) is 5.75 Å². The molecule has 0 unspecified atom stereocenters. The summed E-state index contributed by atoms with van der Waals surface area (Å²) in [6, 6.07) is 29.3. The second-order valence-corrected chi connectivity index (χ2v) is 12.5. The van der Waals surface area contributed by atoms with Crippen molar-refractivity contribution >= 4 is 27.5 Å². The van der Waals surface area contributed by atoms with Crippen LogP contribution in [0.4, 0.5) is 5.69 Å². The molecule has 4 aromatic rings. The summed E-state index contributed by atoms with van der Waals surface area (Å²) in [5, 5.41) is 2.88. The van der Waals surface area contributed by atoms with E-state index in [1.54, 1.807) is 36.4 Å². The summed E-state index contributed by atoms with van der Waals surface area (Å²) >= 11 is 0. The van der Waals surface area contributed by atoms with Crippen LogP contribution in [0.15, 0.2) is 108 Å². The van der Waals surface area contributed by atoms with Crippen molar-refractivity contribution in [2.24, 2.45) is 0 Å². The van der Waals surface area contributed by atoms with Gasteiger partial charge in [-0.2, -0.15) is 0 Å². The fraction of sp³-hybridized carbons (Fsp3) is 0.257. The van der Waals surface area contributed by atoms with Crippen molar-refractivity contribution in [3.63, 3.8) is 0 Å². The molecule has 1 atom stereocenters. The monoisotopic (exact) mass is 613 g/mol. The van der Waals surface area contributed by atoms with Crippen molar-refractivity contribution in [3.8, 4) is 5.75 Å². The molecule has 0 aliphatic carbocycles. The van der Waals surface area contributed by atoms with Crippen LogP contribution < -0.4 is 14.4 Å². The third kappa shape index (κ3) is 8.05. The molecule has 0 aliphatic heterocycles. The third-order valence-electron chi connectivity index (χ3n) is 7.31. The van der Waals surface area contributed by atoms with Crippen molar-refractivity contribution in [3.05, 3.63) is 125 Å². The normalized spacial score (nSPS) is 11.8. The van der Waals surface area contributed by atoms with Crippen molar-refractivity contribution in [1.29, 1.82) is 0 Å². The van der Waals surface area contributed by atoms with Crippen LogP contribution in [0.3, 0.4) is 0 Å². The predicted molar refractivity (Wildman–Crippen MR) is 173 cm³/mol. The van der Waals surface area contributed by atoms with Crippen LogP contribution in [0.2, 0.25) is 0 Å². The number of ether oxygens (including phenoxy) is 1. The smallest absolute Gasteiger partial charge is 0.264 e. The molecule has 0 saturated heterocycles. The highest BCUT2D eigenvalue weighted by Crippen LogP contribution is 2.27. The number of aryl methyl sites for hydroxylation is 2. The van der Waals surface area contributed by atoms with Crippen LogP contribution in [-0.4, -0.2) is 51.4 Å². The Morgan fingerprint density at radius 1 is 0.818 bits per heavy atom. The molecule has 0 spiro atoms. The third-order valence-corrected chi connectivity index (χ3v) is 9.09. The molecule has 0 radical (unpaired) electrons. The Morgan fingerprint density at radius 2 is 1.48 bits per heavy atom. The lowest BCUT2D eigenvalue weighted by molar-refractivity contribution is -0.140. The molecule has 0 aromatic heterocycles. The van der Waals surface area contributed by atoms with Gasteiger partial charge < -0.3 is 15.0 Å². The molecule has 2 amide bonds. The van der Waals surface area contributed by atoms with Gasteiger partial charge in [-0.25, -0.2) is 8.42 Å². The molecule has 0 fully saturated rings. The highest BCUT2D eigenvalue weighted by molar-refractivity contribution is 7.92. The number of benzene rings is 4. The fourth-order valence-electron chi connectivity index (χ4n) is 4.97. The van der Waals surface area contributed by atoms with E-state index in [1.807, 2.05) is 75.4 Å². The second-order valence-electron chi connectivity index (χ2n) is 10.6. The molecule has 0 heterocycles. The molecular formula is C35H39N3O5S. The number of hydrogen-bond donors (Lipinski definition) is 1. The Labute approximate surface area is 260 Å². The molecule has 4 rings (SSSR count). The van der Waals surface area contributed by atoms with Crippen LogP contribution in [-0.2, 0) is 32.6 Å². The van der Waals surface area contributed by atoms with Crippen molar-refractivity contribution < 1.29 is 22.7 Å². The lowest BCUT2D eigenvalue weighted by Gasteiger charge is -2.34. The van der Waals surface area contributed by atoms with Crippen molar-refractivity contribution in [2.45, 2.75) is 44.7 Å². The number of nitrogens with zero attached hydrogens (tertiary/aromatic N) is 2. The number of amides is 2. The number of anilines is 1. The summed E-state index contributed by atoms with van der Waals surface area (Å²) in [5.74, 6) is -0.270. The summed E-state index contributed by atoms with van der Waals surface area (Å²) < 4.78 is 34.6. The van der Waals surface area contributed by atoms with Gasteiger partial charge in [-0.3, -0.25) is 13.9 Å². The van der Waals surface area contributed by atoms with Gasteiger partial charge in [-0.05, 0) is 68.3 Å². The van der Waals surface area contributed by atoms with Crippen molar-refractivity contribution in [1.82, 2.24) is 10.2 Å². The van der Waals surface area contributed by atoms with Gasteiger partial charge in [0.15, 0.2) is 0 Å². The van der Waals surface area contributed by atoms with Gasteiger partial charge >= 0.3 is 0 Å². The highest BCUT2D eigenvalue weighted by Gasteiger charge is 2.34. The maximum Gasteiger partial charge on any atom is 0.264 e. The van der Waals surface area contributed by atoms with Crippen LogP contribution in [0, 0.1) is 13.8 Å². The van der Waals surface area contributed by atoms with E-state index in [2.05, 4.69) is 5.32 Å². The number of nitrogens with one attached hydrogen (secondary N) is 1. The molecule has 8 nitrogen and oxygen atoms in total. The number of hydrogen-bond acceptors (Lipinski definition) is 5. The number of likely N-dealkylation sites (N-methyl/N-ethyl adjacent to an activating group) is 1. The first-order chi connectivity index (χ1) is 21.1. The maximum atomic E-state index is 14.4. The van der Waals surface area contributed by atoms with Crippen LogP contribution >= 0.6 is 0 Å². The van der Waals surface area contributed by atoms with Gasteiger partial charge in [0.2, 0.25) is 11.8 Å². The lowest BCUT2D eigenvalue weighted by atomic mass is 10.0. The SMILES string of the molecule is CCNC(=O)[C@@H](Cc1ccccc1)N(Cc1cccc(C)c1)C(=O)CN(c1ccc(OC)cc1)S(=O)(=O)c1ccc(C)cc1. The Balaban J connectivity index is 1.79. The predicted octanol–water partition coefficient (Wildman–Crippen LogP) is 5.28. The van der Waals surface area contributed by atoms with E-state index in [4.69, 9.17) is 4.74 Å². The average Bonchev–Trinajstić information content (AvgIpc) is 3.02. The molecule has 0 saturated carbocycles. The first-order valence-corrected chi connectivity index (χ1v) is 16.0. The van der Waals surface area contributed by atoms with Gasteiger partial charge in [0.25, 0.3) is 10.0 Å². The summed E-state index contributed by atoms with van der Waals surface area (Å²) in [7, 11) is -2.64. The van der Waals surface area contributed by atoms with E-state index in [-0.39, 0.29) is 23.8 Å². The topological polar surface area (TPSA) is 96.0 Å². The van der Waals surface area contributed by atoms with Crippen LogP contribution in [0.25, 0.3) is 0 Å². The number of sulfonamides is 1. The Hall–Kier alpha value is -4.63. The Kier molecular flexibility index (Phi) is 10.8. The quantitative estimate of drug-likeness (QED) is 0.221. The summed E-state index contributed by atoms with van der Waals surface area (Å²) in [6.07, 6.45) is 0.261. The van der Waals surface area contributed by atoms with Gasteiger partial charge in [0.05, 0.1) is 17.7 Å². The Bertz CT molecular complexity index is 1660. The molecule has 0 aliphatic rings.